The zero-order chi connectivity index (χ0) is 19.3. The Morgan fingerprint density at radius 2 is 2.14 bits per heavy atom. The Hall–Kier alpha value is -2.28. The van der Waals surface area contributed by atoms with Gasteiger partial charge in [0.1, 0.15) is 5.82 Å². The number of hydrogen-bond donors (Lipinski definition) is 0. The second kappa shape index (κ2) is 6.95. The van der Waals surface area contributed by atoms with Crippen LogP contribution in [0.25, 0.3) is 0 Å². The molecule has 1 aromatic carbocycles. The number of hydrogen-bond acceptors (Lipinski definition) is 5. The van der Waals surface area contributed by atoms with Gasteiger partial charge >= 0.3 is 0 Å². The number of likely N-dealkylation sites (tertiary alicyclic amines) is 2. The fraction of sp³-hybridized carbons (Fsp3) is 0.571. The van der Waals surface area contributed by atoms with Gasteiger partial charge in [-0.15, -0.1) is 0 Å². The van der Waals surface area contributed by atoms with E-state index in [0.717, 1.165) is 43.9 Å². The molecule has 1 amide bonds. The maximum absolute atomic E-state index is 13.9. The minimum atomic E-state index is -0.252. The summed E-state index contributed by atoms with van der Waals surface area (Å²) in [5.74, 6) is 2.57. The van der Waals surface area contributed by atoms with Gasteiger partial charge in [0.2, 0.25) is 11.8 Å². The molecule has 1 saturated carbocycles. The summed E-state index contributed by atoms with van der Waals surface area (Å²) in [5.41, 5.74) is 0.893. The summed E-state index contributed by atoms with van der Waals surface area (Å²) in [6.45, 7) is 5.00. The molecule has 0 unspecified atom stereocenters. The van der Waals surface area contributed by atoms with Gasteiger partial charge in [-0.1, -0.05) is 24.2 Å². The lowest BCUT2D eigenvalue weighted by Gasteiger charge is -2.29. The number of carbonyl (C=O) groups excluding carboxylic acids is 1. The number of aromatic nitrogens is 2. The van der Waals surface area contributed by atoms with Crippen LogP contribution in [0.5, 0.6) is 0 Å². The van der Waals surface area contributed by atoms with Crippen molar-refractivity contribution in [3.8, 4) is 0 Å². The Kier molecular flexibility index (Phi) is 4.42. The highest BCUT2D eigenvalue weighted by Gasteiger charge is 2.49. The highest BCUT2D eigenvalue weighted by molar-refractivity contribution is 5.77. The van der Waals surface area contributed by atoms with Crippen molar-refractivity contribution in [3.63, 3.8) is 0 Å². The lowest BCUT2D eigenvalue weighted by Crippen LogP contribution is -2.35. The standard InChI is InChI=1S/C21H25FN4O2/c1-2-19(27)26-10-15-9-25(12-18-23-21(24-28-18)13-6-7-13)11-17(15)20(26)14-4-3-5-16(22)8-14/h3-5,8,13,15,17,20H,2,6-7,9-12H2,1H3/t15-,17-,20+/m0/s1. The van der Waals surface area contributed by atoms with Gasteiger partial charge in [-0.3, -0.25) is 9.69 Å². The summed E-state index contributed by atoms with van der Waals surface area (Å²) in [5, 5.41) is 4.10. The van der Waals surface area contributed by atoms with E-state index in [0.29, 0.717) is 36.6 Å². The molecule has 2 aromatic rings. The molecule has 3 aliphatic rings. The van der Waals surface area contributed by atoms with Crippen molar-refractivity contribution < 1.29 is 13.7 Å². The maximum Gasteiger partial charge on any atom is 0.240 e. The summed E-state index contributed by atoms with van der Waals surface area (Å²) in [6, 6.07) is 6.63. The molecule has 2 saturated heterocycles. The van der Waals surface area contributed by atoms with Crippen LogP contribution in [0, 0.1) is 17.7 Å². The third-order valence-electron chi connectivity index (χ3n) is 6.34. The Morgan fingerprint density at radius 3 is 2.89 bits per heavy atom. The third kappa shape index (κ3) is 3.21. The van der Waals surface area contributed by atoms with E-state index in [2.05, 4.69) is 15.0 Å². The summed E-state index contributed by atoms with van der Waals surface area (Å²) in [6.07, 6.45) is 2.79. The first-order valence-corrected chi connectivity index (χ1v) is 10.2. The van der Waals surface area contributed by atoms with Crippen molar-refractivity contribution in [2.75, 3.05) is 19.6 Å². The van der Waals surface area contributed by atoms with Crippen LogP contribution >= 0.6 is 0 Å². The number of amides is 1. The van der Waals surface area contributed by atoms with Gasteiger partial charge in [0, 0.05) is 37.9 Å². The monoisotopic (exact) mass is 384 g/mol. The van der Waals surface area contributed by atoms with Crippen LogP contribution < -0.4 is 0 Å². The van der Waals surface area contributed by atoms with Gasteiger partial charge in [-0.25, -0.2) is 4.39 Å². The molecule has 3 fully saturated rings. The SMILES string of the molecule is CCC(=O)N1C[C@@H]2CN(Cc3nc(C4CC4)no3)C[C@@H]2[C@H]1c1cccc(F)c1. The van der Waals surface area contributed by atoms with Crippen LogP contribution in [-0.4, -0.2) is 45.5 Å². The molecule has 3 heterocycles. The minimum absolute atomic E-state index is 0.0668. The third-order valence-corrected chi connectivity index (χ3v) is 6.34. The smallest absolute Gasteiger partial charge is 0.240 e. The number of halogens is 1. The molecule has 0 spiro atoms. The molecule has 0 bridgehead atoms. The lowest BCUT2D eigenvalue weighted by molar-refractivity contribution is -0.132. The van der Waals surface area contributed by atoms with Crippen LogP contribution in [0.3, 0.4) is 0 Å². The van der Waals surface area contributed by atoms with Gasteiger partial charge < -0.3 is 9.42 Å². The zero-order valence-electron chi connectivity index (χ0n) is 16.1. The Bertz CT molecular complexity index is 881. The number of carbonyl (C=O) groups is 1. The summed E-state index contributed by atoms with van der Waals surface area (Å²) >= 11 is 0. The summed E-state index contributed by atoms with van der Waals surface area (Å²) in [7, 11) is 0. The normalized spacial score (nSPS) is 27.4. The highest BCUT2D eigenvalue weighted by atomic mass is 19.1. The number of nitrogens with zero attached hydrogens (tertiary/aromatic N) is 4. The number of rotatable bonds is 5. The van der Waals surface area contributed by atoms with Gasteiger partial charge in [0.25, 0.3) is 0 Å². The fourth-order valence-corrected chi connectivity index (χ4v) is 4.87. The van der Waals surface area contributed by atoms with Crippen LogP contribution in [0.4, 0.5) is 4.39 Å². The Labute approximate surface area is 163 Å². The topological polar surface area (TPSA) is 62.5 Å². The van der Waals surface area contributed by atoms with Gasteiger partial charge in [0.15, 0.2) is 5.82 Å². The fourth-order valence-electron chi connectivity index (χ4n) is 4.87. The molecule has 1 aliphatic carbocycles. The van der Waals surface area contributed by atoms with E-state index in [1.807, 2.05) is 17.9 Å². The average Bonchev–Trinajstić information content (AvgIpc) is 3.15. The zero-order valence-corrected chi connectivity index (χ0v) is 16.1. The second-order valence-corrected chi connectivity index (χ2v) is 8.34. The molecule has 6 nitrogen and oxygen atoms in total. The predicted octanol–water partition coefficient (Wildman–Crippen LogP) is 3.13. The number of benzene rings is 1. The molecule has 5 rings (SSSR count). The van der Waals surface area contributed by atoms with Crippen molar-refractivity contribution >= 4 is 5.91 Å². The summed E-state index contributed by atoms with van der Waals surface area (Å²) < 4.78 is 19.3. The van der Waals surface area contributed by atoms with Crippen LogP contribution in [0.2, 0.25) is 0 Å². The lowest BCUT2D eigenvalue weighted by atomic mass is 9.89. The number of fused-ring (bicyclic) bond motifs is 1. The Morgan fingerprint density at radius 1 is 1.29 bits per heavy atom. The van der Waals surface area contributed by atoms with Crippen molar-refractivity contribution in [2.24, 2.45) is 11.8 Å². The van der Waals surface area contributed by atoms with Gasteiger partial charge in [-0.05, 0) is 36.5 Å². The first-order chi connectivity index (χ1) is 13.6. The van der Waals surface area contributed by atoms with Crippen LogP contribution in [0.15, 0.2) is 28.8 Å². The molecule has 0 N–H and O–H groups in total. The Balaban J connectivity index is 1.34. The van der Waals surface area contributed by atoms with Crippen molar-refractivity contribution in [1.29, 1.82) is 0 Å². The molecular weight excluding hydrogens is 359 g/mol. The highest BCUT2D eigenvalue weighted by Crippen LogP contribution is 2.45. The van der Waals surface area contributed by atoms with E-state index < -0.39 is 0 Å². The van der Waals surface area contributed by atoms with Crippen LogP contribution in [0.1, 0.15) is 55.4 Å². The molecule has 2 aliphatic heterocycles. The van der Waals surface area contributed by atoms with E-state index in [1.54, 1.807) is 12.1 Å². The van der Waals surface area contributed by atoms with Crippen molar-refractivity contribution in [1.82, 2.24) is 19.9 Å². The maximum atomic E-state index is 13.9. The molecule has 1 aromatic heterocycles. The van der Waals surface area contributed by atoms with Crippen molar-refractivity contribution in [3.05, 3.63) is 47.4 Å². The quantitative estimate of drug-likeness (QED) is 0.793. The van der Waals surface area contributed by atoms with E-state index in [4.69, 9.17) is 4.52 Å². The first-order valence-electron chi connectivity index (χ1n) is 10.2. The van der Waals surface area contributed by atoms with Crippen LogP contribution in [-0.2, 0) is 11.3 Å². The first kappa shape index (κ1) is 17.8. The minimum Gasteiger partial charge on any atom is -0.338 e. The molecular formula is C21H25FN4O2. The van der Waals surface area contributed by atoms with Crippen molar-refractivity contribution in [2.45, 2.75) is 44.7 Å². The van der Waals surface area contributed by atoms with Gasteiger partial charge in [-0.2, -0.15) is 4.98 Å². The largest absolute Gasteiger partial charge is 0.338 e. The average molecular weight is 384 g/mol. The second-order valence-electron chi connectivity index (χ2n) is 8.34. The predicted molar refractivity (Wildman–Crippen MR) is 99.7 cm³/mol. The van der Waals surface area contributed by atoms with E-state index >= 15 is 0 Å². The molecule has 3 atom stereocenters. The molecule has 148 valence electrons. The molecule has 28 heavy (non-hydrogen) atoms. The van der Waals surface area contributed by atoms with Gasteiger partial charge in [0.05, 0.1) is 12.6 Å². The van der Waals surface area contributed by atoms with E-state index in [-0.39, 0.29) is 17.8 Å². The summed E-state index contributed by atoms with van der Waals surface area (Å²) in [4.78, 5) is 21.4. The molecule has 7 heteroatoms. The van der Waals surface area contributed by atoms with E-state index in [1.165, 1.54) is 6.07 Å². The van der Waals surface area contributed by atoms with E-state index in [9.17, 15) is 9.18 Å². The molecule has 0 radical (unpaired) electrons.